The number of anilines is 1. The van der Waals surface area contributed by atoms with E-state index in [-0.39, 0.29) is 0 Å². The third-order valence-electron chi connectivity index (χ3n) is 6.90. The van der Waals surface area contributed by atoms with Gasteiger partial charge in [-0.15, -0.1) is 0 Å². The van der Waals surface area contributed by atoms with E-state index in [4.69, 9.17) is 4.98 Å². The molecule has 4 aromatic rings. The van der Waals surface area contributed by atoms with Crippen molar-refractivity contribution in [2.75, 3.05) is 12.4 Å². The van der Waals surface area contributed by atoms with Gasteiger partial charge in [0.2, 0.25) is 0 Å². The lowest BCUT2D eigenvalue weighted by Gasteiger charge is -2.22. The lowest BCUT2D eigenvalue weighted by molar-refractivity contribution is 0.187. The largest absolute Gasteiger partial charge is 0.453 e. The number of fused-ring (bicyclic) bond motifs is 1. The van der Waals surface area contributed by atoms with Gasteiger partial charge < -0.3 is 9.30 Å². The molecule has 0 aliphatic heterocycles. The highest BCUT2D eigenvalue weighted by atomic mass is 16.5. The summed E-state index contributed by atoms with van der Waals surface area (Å²) in [6.07, 6.45) is 10.2. The molecular formula is C29H28N4O2. The van der Waals surface area contributed by atoms with Crippen molar-refractivity contribution in [2.45, 2.75) is 38.6 Å². The fraction of sp³-hybridized carbons (Fsp3) is 0.276. The number of nitriles is 1. The molecule has 176 valence electrons. The van der Waals surface area contributed by atoms with Gasteiger partial charge in [-0.25, -0.2) is 4.79 Å². The average Bonchev–Trinajstić information content (AvgIpc) is 3.32. The van der Waals surface area contributed by atoms with E-state index >= 15 is 0 Å². The molecule has 1 fully saturated rings. The van der Waals surface area contributed by atoms with Gasteiger partial charge in [0.1, 0.15) is 0 Å². The van der Waals surface area contributed by atoms with Gasteiger partial charge in [-0.1, -0.05) is 43.5 Å². The number of carbonyl (C=O) groups is 1. The second kappa shape index (κ2) is 10.0. The van der Waals surface area contributed by atoms with E-state index in [1.807, 2.05) is 54.7 Å². The summed E-state index contributed by atoms with van der Waals surface area (Å²) in [6, 6.07) is 19.6. The van der Waals surface area contributed by atoms with Gasteiger partial charge >= 0.3 is 6.09 Å². The normalized spacial score (nSPS) is 13.9. The maximum atomic E-state index is 11.5. The van der Waals surface area contributed by atoms with E-state index in [1.165, 1.54) is 39.2 Å². The molecule has 2 heterocycles. The Balaban J connectivity index is 1.58. The zero-order valence-electron chi connectivity index (χ0n) is 19.8. The lowest BCUT2D eigenvalue weighted by atomic mass is 9.89. The molecule has 1 aliphatic rings. The molecule has 2 aromatic heterocycles. The number of carbonyl (C=O) groups excluding carboxylic acids is 1. The number of hydrogen-bond donors (Lipinski definition) is 1. The number of methoxy groups -OCH3 is 1. The first-order chi connectivity index (χ1) is 17.2. The minimum Gasteiger partial charge on any atom is -0.453 e. The predicted octanol–water partition coefficient (Wildman–Crippen LogP) is 7.00. The molecule has 0 saturated heterocycles. The van der Waals surface area contributed by atoms with Gasteiger partial charge in [0.05, 0.1) is 36.1 Å². The number of benzene rings is 2. The van der Waals surface area contributed by atoms with Crippen LogP contribution in [-0.2, 0) is 11.3 Å². The smallest absolute Gasteiger partial charge is 0.411 e. The number of ether oxygens (including phenoxy) is 1. The van der Waals surface area contributed by atoms with Crippen molar-refractivity contribution in [1.82, 2.24) is 9.55 Å². The Morgan fingerprint density at radius 1 is 1.06 bits per heavy atom. The van der Waals surface area contributed by atoms with Crippen molar-refractivity contribution in [3.05, 3.63) is 72.6 Å². The van der Waals surface area contributed by atoms with E-state index in [0.717, 1.165) is 39.8 Å². The van der Waals surface area contributed by atoms with Gasteiger partial charge in [0.15, 0.2) is 0 Å². The first kappa shape index (κ1) is 22.7. The predicted molar refractivity (Wildman–Crippen MR) is 138 cm³/mol. The number of pyridine rings is 1. The van der Waals surface area contributed by atoms with Crippen LogP contribution in [0.2, 0.25) is 0 Å². The van der Waals surface area contributed by atoms with Crippen molar-refractivity contribution < 1.29 is 9.53 Å². The quantitative estimate of drug-likeness (QED) is 0.345. The molecule has 2 aromatic carbocycles. The summed E-state index contributed by atoms with van der Waals surface area (Å²) in [7, 11) is 1.34. The minimum atomic E-state index is -0.505. The second-order valence-corrected chi connectivity index (χ2v) is 9.14. The Morgan fingerprint density at radius 2 is 1.77 bits per heavy atom. The zero-order valence-corrected chi connectivity index (χ0v) is 19.8. The first-order valence-electron chi connectivity index (χ1n) is 12.1. The molecule has 5 rings (SSSR count). The average molecular weight is 465 g/mol. The van der Waals surface area contributed by atoms with Crippen LogP contribution in [0.4, 0.5) is 10.5 Å². The topological polar surface area (TPSA) is 79.9 Å². The van der Waals surface area contributed by atoms with E-state index < -0.39 is 6.09 Å². The summed E-state index contributed by atoms with van der Waals surface area (Å²) < 4.78 is 7.03. The summed E-state index contributed by atoms with van der Waals surface area (Å²) in [5, 5.41) is 13.1. The molecule has 35 heavy (non-hydrogen) atoms. The van der Waals surface area contributed by atoms with E-state index in [2.05, 4.69) is 33.0 Å². The molecule has 0 bridgehead atoms. The molecule has 0 atom stereocenters. The van der Waals surface area contributed by atoms with Crippen molar-refractivity contribution in [3.63, 3.8) is 0 Å². The van der Waals surface area contributed by atoms with Crippen molar-refractivity contribution in [1.29, 1.82) is 5.26 Å². The number of rotatable bonds is 5. The molecule has 0 spiro atoms. The van der Waals surface area contributed by atoms with E-state index in [1.54, 1.807) is 0 Å². The minimum absolute atomic E-state index is 0.505. The molecule has 1 N–H and O–H groups in total. The third-order valence-corrected chi connectivity index (χ3v) is 6.90. The van der Waals surface area contributed by atoms with Crippen molar-refractivity contribution in [3.8, 4) is 28.5 Å². The molecule has 0 unspecified atom stereocenters. The summed E-state index contributed by atoms with van der Waals surface area (Å²) in [5.41, 5.74) is 6.28. The summed E-state index contributed by atoms with van der Waals surface area (Å²) in [5.74, 6) is 0.715. The molecule has 1 aliphatic carbocycles. The highest BCUT2D eigenvalue weighted by Gasteiger charge is 2.19. The standard InChI is InChI=1S/C29H28N4O2/c1-35-29(34)32-24-13-11-23(12-14-24)28-27(22-9-7-20(17-30)8-10-22)25-15-16-33(26(25)18-31-28)19-21-5-3-2-4-6-21/h7-16,18,21H,2-6,19H2,1H3,(H,32,34). The highest BCUT2D eigenvalue weighted by Crippen LogP contribution is 2.38. The van der Waals surface area contributed by atoms with Gasteiger partial charge in [0, 0.05) is 34.9 Å². The van der Waals surface area contributed by atoms with Crippen LogP contribution in [-0.4, -0.2) is 22.8 Å². The van der Waals surface area contributed by atoms with Crippen LogP contribution >= 0.6 is 0 Å². The summed E-state index contributed by atoms with van der Waals surface area (Å²) in [4.78, 5) is 16.5. The maximum Gasteiger partial charge on any atom is 0.411 e. The number of nitrogens with zero attached hydrogens (tertiary/aromatic N) is 3. The molecular weight excluding hydrogens is 436 g/mol. The third kappa shape index (κ3) is 4.76. The maximum absolute atomic E-state index is 11.5. The highest BCUT2D eigenvalue weighted by molar-refractivity contribution is 6.01. The number of amides is 1. The van der Waals surface area contributed by atoms with Crippen LogP contribution in [0.5, 0.6) is 0 Å². The monoisotopic (exact) mass is 464 g/mol. The van der Waals surface area contributed by atoms with Gasteiger partial charge in [-0.3, -0.25) is 10.3 Å². The Labute approximate surface area is 205 Å². The fourth-order valence-electron chi connectivity index (χ4n) is 5.07. The zero-order chi connectivity index (χ0) is 24.2. The van der Waals surface area contributed by atoms with E-state index in [9.17, 15) is 10.1 Å². The van der Waals surface area contributed by atoms with Crippen LogP contribution in [0.25, 0.3) is 33.3 Å². The van der Waals surface area contributed by atoms with Crippen LogP contribution in [0.3, 0.4) is 0 Å². The Hall–Kier alpha value is -4.11. The van der Waals surface area contributed by atoms with Gasteiger partial charge in [0.25, 0.3) is 0 Å². The van der Waals surface area contributed by atoms with Crippen molar-refractivity contribution >= 4 is 22.7 Å². The molecule has 6 heteroatoms. The van der Waals surface area contributed by atoms with Gasteiger partial charge in [-0.05, 0) is 54.7 Å². The Kier molecular flexibility index (Phi) is 6.49. The van der Waals surface area contributed by atoms with Crippen LogP contribution < -0.4 is 5.32 Å². The van der Waals surface area contributed by atoms with Crippen molar-refractivity contribution in [2.24, 2.45) is 5.92 Å². The first-order valence-corrected chi connectivity index (χ1v) is 12.1. The molecule has 0 radical (unpaired) electrons. The van der Waals surface area contributed by atoms with Crippen LogP contribution in [0.1, 0.15) is 37.7 Å². The molecule has 6 nitrogen and oxygen atoms in total. The lowest BCUT2D eigenvalue weighted by Crippen LogP contribution is -2.13. The number of nitrogens with one attached hydrogen (secondary N) is 1. The number of hydrogen-bond acceptors (Lipinski definition) is 4. The van der Waals surface area contributed by atoms with Gasteiger partial charge in [-0.2, -0.15) is 5.26 Å². The van der Waals surface area contributed by atoms with Crippen LogP contribution in [0.15, 0.2) is 67.0 Å². The Bertz CT molecular complexity index is 1380. The fourth-order valence-corrected chi connectivity index (χ4v) is 5.07. The van der Waals surface area contributed by atoms with Crippen LogP contribution in [0, 0.1) is 17.2 Å². The SMILES string of the molecule is COC(=O)Nc1ccc(-c2ncc3c(ccn3CC3CCCCC3)c2-c2ccc(C#N)cc2)cc1. The second-order valence-electron chi connectivity index (χ2n) is 9.14. The number of aromatic nitrogens is 2. The summed E-state index contributed by atoms with van der Waals surface area (Å²) >= 11 is 0. The molecule has 1 saturated carbocycles. The Morgan fingerprint density at radius 3 is 2.46 bits per heavy atom. The summed E-state index contributed by atoms with van der Waals surface area (Å²) in [6.45, 7) is 1.02. The van der Waals surface area contributed by atoms with E-state index in [0.29, 0.717) is 17.2 Å². The molecule has 1 amide bonds.